The van der Waals surface area contributed by atoms with E-state index in [1.807, 2.05) is 19.1 Å². The maximum Gasteiger partial charge on any atom is 0.416 e. The summed E-state index contributed by atoms with van der Waals surface area (Å²) < 4.78 is 39.1. The molecular formula is C17H20F3N3O. The van der Waals surface area contributed by atoms with Crippen molar-refractivity contribution in [1.29, 1.82) is 0 Å². The summed E-state index contributed by atoms with van der Waals surface area (Å²) in [6.45, 7) is 3.15. The van der Waals surface area contributed by atoms with Gasteiger partial charge in [0, 0.05) is 26.0 Å². The molecule has 2 aliphatic rings. The molecule has 0 spiro atoms. The Balaban J connectivity index is 1.92. The molecule has 1 saturated heterocycles. The Morgan fingerprint density at radius 2 is 2.17 bits per heavy atom. The molecule has 0 radical (unpaired) electrons. The minimum atomic E-state index is -4.38. The van der Waals surface area contributed by atoms with Crippen LogP contribution < -0.4 is 10.6 Å². The molecule has 2 unspecified atom stereocenters. The van der Waals surface area contributed by atoms with Crippen LogP contribution in [0.3, 0.4) is 0 Å². The van der Waals surface area contributed by atoms with E-state index in [9.17, 15) is 18.3 Å². The highest BCUT2D eigenvalue weighted by atomic mass is 19.4. The number of hydrogen-bond donors (Lipinski definition) is 3. The first-order valence-corrected chi connectivity index (χ1v) is 7.74. The number of halogens is 3. The SMILES string of the molecule is CC1=CC=CN(CC2(c3cccc(C(F)(F)F)c3)CNCN2)C1O. The number of rotatable bonds is 3. The Labute approximate surface area is 138 Å². The van der Waals surface area contributed by atoms with E-state index in [2.05, 4.69) is 10.6 Å². The Bertz CT molecular complexity index is 663. The zero-order chi connectivity index (χ0) is 17.4. The zero-order valence-electron chi connectivity index (χ0n) is 13.3. The highest BCUT2D eigenvalue weighted by Crippen LogP contribution is 2.33. The minimum Gasteiger partial charge on any atom is -0.370 e. The van der Waals surface area contributed by atoms with Crippen LogP contribution in [0.2, 0.25) is 0 Å². The molecule has 1 aromatic rings. The molecule has 0 saturated carbocycles. The lowest BCUT2D eigenvalue weighted by atomic mass is 9.88. The third-order valence-electron chi connectivity index (χ3n) is 4.53. The molecule has 2 aliphatic heterocycles. The normalized spacial score (nSPS) is 27.5. The summed E-state index contributed by atoms with van der Waals surface area (Å²) in [5.41, 5.74) is -0.0267. The van der Waals surface area contributed by atoms with E-state index in [-0.39, 0.29) is 0 Å². The molecule has 0 aromatic heterocycles. The van der Waals surface area contributed by atoms with Crippen molar-refractivity contribution < 1.29 is 18.3 Å². The van der Waals surface area contributed by atoms with Crippen molar-refractivity contribution >= 4 is 0 Å². The average Bonchev–Trinajstić information content (AvgIpc) is 3.01. The summed E-state index contributed by atoms with van der Waals surface area (Å²) in [5, 5.41) is 16.7. The van der Waals surface area contributed by atoms with Gasteiger partial charge in [-0.1, -0.05) is 18.2 Å². The molecule has 4 nitrogen and oxygen atoms in total. The first-order chi connectivity index (χ1) is 11.3. The van der Waals surface area contributed by atoms with Crippen molar-refractivity contribution in [1.82, 2.24) is 15.5 Å². The van der Waals surface area contributed by atoms with Crippen LogP contribution in [0.25, 0.3) is 0 Å². The van der Waals surface area contributed by atoms with E-state index in [4.69, 9.17) is 0 Å². The van der Waals surface area contributed by atoms with Gasteiger partial charge in [0.05, 0.1) is 11.1 Å². The lowest BCUT2D eigenvalue weighted by molar-refractivity contribution is -0.137. The molecule has 3 N–H and O–H groups in total. The van der Waals surface area contributed by atoms with Gasteiger partial charge in [0.2, 0.25) is 0 Å². The molecule has 3 rings (SSSR count). The van der Waals surface area contributed by atoms with E-state index >= 15 is 0 Å². The summed E-state index contributed by atoms with van der Waals surface area (Å²) in [7, 11) is 0. The maximum atomic E-state index is 13.0. The standard InChI is InChI=1S/C17H20F3N3O/c1-12-4-3-7-23(15(12)24)10-16(9-21-11-22-16)13-5-2-6-14(8-13)17(18,19)20/h2-8,15,21-22,24H,9-11H2,1H3. The van der Waals surface area contributed by atoms with E-state index in [1.54, 1.807) is 17.2 Å². The monoisotopic (exact) mass is 339 g/mol. The fourth-order valence-corrected chi connectivity index (χ4v) is 3.16. The van der Waals surface area contributed by atoms with Crippen LogP contribution in [0.5, 0.6) is 0 Å². The Morgan fingerprint density at radius 3 is 2.83 bits per heavy atom. The van der Waals surface area contributed by atoms with Gasteiger partial charge in [-0.05, 0) is 36.3 Å². The largest absolute Gasteiger partial charge is 0.416 e. The Kier molecular flexibility index (Phi) is 4.42. The summed E-state index contributed by atoms with van der Waals surface area (Å²) in [5.74, 6) is 0. The van der Waals surface area contributed by atoms with Gasteiger partial charge in [-0.3, -0.25) is 5.32 Å². The van der Waals surface area contributed by atoms with E-state index in [0.717, 1.165) is 11.6 Å². The maximum absolute atomic E-state index is 13.0. The second-order valence-corrected chi connectivity index (χ2v) is 6.24. The molecule has 130 valence electrons. The molecular weight excluding hydrogens is 319 g/mol. The van der Waals surface area contributed by atoms with E-state index < -0.39 is 23.5 Å². The van der Waals surface area contributed by atoms with Gasteiger partial charge in [0.1, 0.15) is 6.23 Å². The molecule has 0 bridgehead atoms. The fourth-order valence-electron chi connectivity index (χ4n) is 3.16. The summed E-state index contributed by atoms with van der Waals surface area (Å²) in [6, 6.07) is 5.37. The third-order valence-corrected chi connectivity index (χ3v) is 4.53. The van der Waals surface area contributed by atoms with Gasteiger partial charge in [-0.15, -0.1) is 0 Å². The van der Waals surface area contributed by atoms with Crippen molar-refractivity contribution in [3.63, 3.8) is 0 Å². The molecule has 1 fully saturated rings. The minimum absolute atomic E-state index is 0.351. The highest BCUT2D eigenvalue weighted by molar-refractivity contribution is 5.33. The highest BCUT2D eigenvalue weighted by Gasteiger charge is 2.40. The van der Waals surface area contributed by atoms with Crippen LogP contribution in [0.1, 0.15) is 18.1 Å². The van der Waals surface area contributed by atoms with Crippen molar-refractivity contribution in [2.45, 2.75) is 24.9 Å². The molecule has 1 aromatic carbocycles. The third kappa shape index (κ3) is 3.19. The zero-order valence-corrected chi connectivity index (χ0v) is 13.3. The lowest BCUT2D eigenvalue weighted by Gasteiger charge is -2.38. The number of allylic oxidation sites excluding steroid dienone is 2. The topological polar surface area (TPSA) is 47.5 Å². The number of aliphatic hydroxyl groups excluding tert-OH is 1. The molecule has 24 heavy (non-hydrogen) atoms. The molecule has 7 heteroatoms. The van der Waals surface area contributed by atoms with Gasteiger partial charge in [0.25, 0.3) is 0 Å². The molecule has 2 heterocycles. The first-order valence-electron chi connectivity index (χ1n) is 7.74. The summed E-state index contributed by atoms with van der Waals surface area (Å²) in [4.78, 5) is 1.73. The quantitative estimate of drug-likeness (QED) is 0.790. The number of benzene rings is 1. The van der Waals surface area contributed by atoms with Gasteiger partial charge < -0.3 is 15.3 Å². The Morgan fingerprint density at radius 1 is 1.38 bits per heavy atom. The van der Waals surface area contributed by atoms with Gasteiger partial charge in [0.15, 0.2) is 0 Å². The van der Waals surface area contributed by atoms with Crippen molar-refractivity contribution in [3.8, 4) is 0 Å². The predicted molar refractivity (Wildman–Crippen MR) is 84.7 cm³/mol. The van der Waals surface area contributed by atoms with Gasteiger partial charge in [-0.25, -0.2) is 0 Å². The predicted octanol–water partition coefficient (Wildman–Crippen LogP) is 2.15. The van der Waals surface area contributed by atoms with E-state index in [1.165, 1.54) is 12.1 Å². The summed E-state index contributed by atoms with van der Waals surface area (Å²) >= 11 is 0. The van der Waals surface area contributed by atoms with Crippen molar-refractivity contribution in [3.05, 3.63) is 59.3 Å². The first kappa shape index (κ1) is 17.0. The van der Waals surface area contributed by atoms with Crippen LogP contribution in [0.4, 0.5) is 13.2 Å². The molecule has 2 atom stereocenters. The fraction of sp³-hybridized carbons (Fsp3) is 0.412. The van der Waals surface area contributed by atoms with Crippen LogP contribution in [-0.2, 0) is 11.7 Å². The summed E-state index contributed by atoms with van der Waals surface area (Å²) in [6.07, 6.45) is 0.239. The number of nitrogens with zero attached hydrogens (tertiary/aromatic N) is 1. The molecule has 0 amide bonds. The number of nitrogens with one attached hydrogen (secondary N) is 2. The van der Waals surface area contributed by atoms with Crippen molar-refractivity contribution in [2.24, 2.45) is 0 Å². The van der Waals surface area contributed by atoms with E-state index in [0.29, 0.717) is 25.3 Å². The second kappa shape index (κ2) is 6.23. The van der Waals surface area contributed by atoms with Crippen LogP contribution in [0, 0.1) is 0 Å². The number of alkyl halides is 3. The van der Waals surface area contributed by atoms with Crippen LogP contribution >= 0.6 is 0 Å². The Hall–Kier alpha value is -1.83. The smallest absolute Gasteiger partial charge is 0.370 e. The van der Waals surface area contributed by atoms with Crippen LogP contribution in [-0.4, -0.2) is 36.0 Å². The lowest BCUT2D eigenvalue weighted by Crippen LogP contribution is -2.51. The van der Waals surface area contributed by atoms with Gasteiger partial charge in [-0.2, -0.15) is 13.2 Å². The van der Waals surface area contributed by atoms with Gasteiger partial charge >= 0.3 is 6.18 Å². The molecule has 0 aliphatic carbocycles. The average molecular weight is 339 g/mol. The second-order valence-electron chi connectivity index (χ2n) is 6.24. The number of hydrogen-bond acceptors (Lipinski definition) is 4. The van der Waals surface area contributed by atoms with Crippen molar-refractivity contribution in [2.75, 3.05) is 19.8 Å². The van der Waals surface area contributed by atoms with Crippen LogP contribution in [0.15, 0.2) is 48.2 Å². The number of aliphatic hydroxyl groups is 1.